The molecule has 6 nitrogen and oxygen atoms in total. The van der Waals surface area contributed by atoms with Gasteiger partial charge in [-0.3, -0.25) is 4.79 Å². The van der Waals surface area contributed by atoms with Crippen LogP contribution in [0, 0.1) is 12.8 Å². The fraction of sp³-hybridized carbons (Fsp3) is 0.278. The van der Waals surface area contributed by atoms with Gasteiger partial charge in [-0.1, -0.05) is 0 Å². The predicted octanol–water partition coefficient (Wildman–Crippen LogP) is 3.17. The molecule has 1 aromatic carbocycles. The zero-order chi connectivity index (χ0) is 16.5. The van der Waals surface area contributed by atoms with Crippen LogP contribution in [-0.4, -0.2) is 29.1 Å². The summed E-state index contributed by atoms with van der Waals surface area (Å²) in [5, 5.41) is 2.91. The Morgan fingerprint density at radius 3 is 2.75 bits per heavy atom. The normalized spacial score (nSPS) is 17.3. The van der Waals surface area contributed by atoms with Crippen molar-refractivity contribution in [1.29, 1.82) is 0 Å². The summed E-state index contributed by atoms with van der Waals surface area (Å²) in [5.41, 5.74) is 3.74. The van der Waals surface area contributed by atoms with Crippen molar-refractivity contribution in [2.45, 2.75) is 13.3 Å². The molecule has 3 heterocycles. The molecule has 1 N–H and O–H groups in total. The summed E-state index contributed by atoms with van der Waals surface area (Å²) < 4.78 is 11.0. The van der Waals surface area contributed by atoms with Gasteiger partial charge in [0, 0.05) is 23.6 Å². The number of rotatable bonds is 3. The largest absolute Gasteiger partial charge is 0.418 e. The number of pyridine rings is 1. The van der Waals surface area contributed by atoms with Crippen molar-refractivity contribution in [1.82, 2.24) is 9.97 Å². The summed E-state index contributed by atoms with van der Waals surface area (Å²) >= 11 is 0. The van der Waals surface area contributed by atoms with Crippen molar-refractivity contribution in [3.63, 3.8) is 0 Å². The van der Waals surface area contributed by atoms with E-state index < -0.39 is 0 Å². The second-order valence-electron chi connectivity index (χ2n) is 5.92. The molecule has 1 aliphatic heterocycles. The average molecular weight is 323 g/mol. The summed E-state index contributed by atoms with van der Waals surface area (Å²) in [4.78, 5) is 20.9. The molecule has 1 aliphatic rings. The minimum absolute atomic E-state index is 0.00165. The second kappa shape index (κ2) is 6.05. The van der Waals surface area contributed by atoms with E-state index in [1.807, 2.05) is 43.3 Å². The molecular formula is C18H17N3O3. The molecule has 0 radical (unpaired) electrons. The molecule has 1 unspecified atom stereocenters. The summed E-state index contributed by atoms with van der Waals surface area (Å²) in [6, 6.07) is 11.2. The lowest BCUT2D eigenvalue weighted by atomic mass is 10.1. The van der Waals surface area contributed by atoms with Crippen LogP contribution in [0.3, 0.4) is 0 Å². The second-order valence-corrected chi connectivity index (χ2v) is 5.92. The molecule has 6 heteroatoms. The Kier molecular flexibility index (Phi) is 3.74. The summed E-state index contributed by atoms with van der Waals surface area (Å²) in [6.07, 6.45) is 0.777. The topological polar surface area (TPSA) is 77.2 Å². The van der Waals surface area contributed by atoms with Crippen LogP contribution in [0.4, 0.5) is 5.69 Å². The van der Waals surface area contributed by atoms with Gasteiger partial charge in [-0.2, -0.15) is 0 Å². The third kappa shape index (κ3) is 2.88. The standard InChI is InChI=1S/C18H17N3O3/c1-11-2-7-15-18(19-11)24-17(21-15)12-3-5-14(6-4-12)20-16(22)13-8-9-23-10-13/h2-7,13H,8-10H2,1H3,(H,20,22). The maximum atomic E-state index is 12.1. The smallest absolute Gasteiger partial charge is 0.247 e. The van der Waals surface area contributed by atoms with Crippen molar-refractivity contribution in [2.24, 2.45) is 5.92 Å². The predicted molar refractivity (Wildman–Crippen MR) is 89.5 cm³/mol. The molecule has 1 atom stereocenters. The van der Waals surface area contributed by atoms with Crippen molar-refractivity contribution in [3.05, 3.63) is 42.1 Å². The van der Waals surface area contributed by atoms with Crippen LogP contribution in [0.1, 0.15) is 12.1 Å². The van der Waals surface area contributed by atoms with E-state index in [0.717, 1.165) is 28.9 Å². The van der Waals surface area contributed by atoms with Gasteiger partial charge in [-0.05, 0) is 49.7 Å². The van der Waals surface area contributed by atoms with Gasteiger partial charge >= 0.3 is 0 Å². The monoisotopic (exact) mass is 323 g/mol. The summed E-state index contributed by atoms with van der Waals surface area (Å²) in [6.45, 7) is 3.07. The number of ether oxygens (including phenoxy) is 1. The first kappa shape index (κ1) is 14.8. The SMILES string of the molecule is Cc1ccc2nc(-c3ccc(NC(=O)C4CCOC4)cc3)oc2n1. The number of carbonyl (C=O) groups excluding carboxylic acids is 1. The zero-order valence-corrected chi connectivity index (χ0v) is 13.3. The number of carbonyl (C=O) groups is 1. The Labute approximate surface area is 138 Å². The minimum atomic E-state index is -0.0592. The molecule has 2 aromatic heterocycles. The van der Waals surface area contributed by atoms with Crippen LogP contribution in [0.25, 0.3) is 22.7 Å². The minimum Gasteiger partial charge on any atom is -0.418 e. The number of hydrogen-bond donors (Lipinski definition) is 1. The molecule has 1 amide bonds. The number of hydrogen-bond acceptors (Lipinski definition) is 5. The van der Waals surface area contributed by atoms with E-state index >= 15 is 0 Å². The number of nitrogens with one attached hydrogen (secondary N) is 1. The zero-order valence-electron chi connectivity index (χ0n) is 13.3. The molecule has 24 heavy (non-hydrogen) atoms. The molecule has 122 valence electrons. The van der Waals surface area contributed by atoms with Gasteiger partial charge in [0.15, 0.2) is 0 Å². The van der Waals surface area contributed by atoms with Gasteiger partial charge in [0.2, 0.25) is 17.5 Å². The Morgan fingerprint density at radius 2 is 2.00 bits per heavy atom. The molecule has 0 spiro atoms. The highest BCUT2D eigenvalue weighted by Gasteiger charge is 2.23. The van der Waals surface area contributed by atoms with Crippen LogP contribution < -0.4 is 5.32 Å². The molecular weight excluding hydrogens is 306 g/mol. The van der Waals surface area contributed by atoms with Gasteiger partial charge < -0.3 is 14.5 Å². The fourth-order valence-electron chi connectivity index (χ4n) is 2.71. The van der Waals surface area contributed by atoms with E-state index in [2.05, 4.69) is 15.3 Å². The molecule has 0 aliphatic carbocycles. The van der Waals surface area contributed by atoms with Crippen molar-refractivity contribution >= 4 is 22.8 Å². The van der Waals surface area contributed by atoms with Gasteiger partial charge in [0.1, 0.15) is 5.52 Å². The van der Waals surface area contributed by atoms with Crippen LogP contribution in [0.5, 0.6) is 0 Å². The summed E-state index contributed by atoms with van der Waals surface area (Å²) in [7, 11) is 0. The molecule has 0 bridgehead atoms. The Hall–Kier alpha value is -2.73. The van der Waals surface area contributed by atoms with Crippen LogP contribution in [0.2, 0.25) is 0 Å². The maximum Gasteiger partial charge on any atom is 0.247 e. The van der Waals surface area contributed by atoms with Gasteiger partial charge in [-0.15, -0.1) is 0 Å². The third-order valence-electron chi connectivity index (χ3n) is 4.09. The highest BCUT2D eigenvalue weighted by molar-refractivity contribution is 5.93. The van der Waals surface area contributed by atoms with E-state index in [-0.39, 0.29) is 11.8 Å². The first-order chi connectivity index (χ1) is 11.7. The van der Waals surface area contributed by atoms with E-state index in [1.54, 1.807) is 0 Å². The first-order valence-corrected chi connectivity index (χ1v) is 7.92. The molecule has 1 fully saturated rings. The Bertz CT molecular complexity index is 880. The lowest BCUT2D eigenvalue weighted by Crippen LogP contribution is -2.22. The number of oxazole rings is 1. The number of aromatic nitrogens is 2. The van der Waals surface area contributed by atoms with Crippen LogP contribution in [-0.2, 0) is 9.53 Å². The van der Waals surface area contributed by atoms with Crippen molar-refractivity contribution in [3.8, 4) is 11.5 Å². The fourth-order valence-corrected chi connectivity index (χ4v) is 2.71. The Morgan fingerprint density at radius 1 is 1.17 bits per heavy atom. The number of aryl methyl sites for hydroxylation is 1. The van der Waals surface area contributed by atoms with Gasteiger partial charge in [-0.25, -0.2) is 9.97 Å². The quantitative estimate of drug-likeness (QED) is 0.801. The summed E-state index contributed by atoms with van der Waals surface area (Å²) in [5.74, 6) is 0.461. The van der Waals surface area contributed by atoms with E-state index in [4.69, 9.17) is 9.15 Å². The molecule has 0 saturated carbocycles. The lowest BCUT2D eigenvalue weighted by molar-refractivity contribution is -0.119. The number of amides is 1. The van der Waals surface area contributed by atoms with Gasteiger partial charge in [0.25, 0.3) is 0 Å². The van der Waals surface area contributed by atoms with Crippen molar-refractivity contribution in [2.75, 3.05) is 18.5 Å². The van der Waals surface area contributed by atoms with Crippen LogP contribution >= 0.6 is 0 Å². The van der Waals surface area contributed by atoms with E-state index in [1.165, 1.54) is 0 Å². The van der Waals surface area contributed by atoms with Crippen LogP contribution in [0.15, 0.2) is 40.8 Å². The van der Waals surface area contributed by atoms with E-state index in [0.29, 0.717) is 24.8 Å². The number of benzene rings is 1. The number of fused-ring (bicyclic) bond motifs is 1. The molecule has 3 aromatic rings. The van der Waals surface area contributed by atoms with Gasteiger partial charge in [0.05, 0.1) is 12.5 Å². The lowest BCUT2D eigenvalue weighted by Gasteiger charge is -2.09. The number of nitrogens with zero attached hydrogens (tertiary/aromatic N) is 2. The highest BCUT2D eigenvalue weighted by Crippen LogP contribution is 2.25. The number of anilines is 1. The maximum absolute atomic E-state index is 12.1. The average Bonchev–Trinajstić information content (AvgIpc) is 3.24. The first-order valence-electron chi connectivity index (χ1n) is 7.92. The molecule has 1 saturated heterocycles. The highest BCUT2D eigenvalue weighted by atomic mass is 16.5. The third-order valence-corrected chi connectivity index (χ3v) is 4.09. The molecule has 4 rings (SSSR count). The van der Waals surface area contributed by atoms with E-state index in [9.17, 15) is 4.79 Å². The Balaban J connectivity index is 1.53. The van der Waals surface area contributed by atoms with Crippen molar-refractivity contribution < 1.29 is 13.9 Å².